The molecule has 0 unspecified atom stereocenters. The molecule has 0 aliphatic rings. The average Bonchev–Trinajstić information content (AvgIpc) is 2.50. The zero-order valence-corrected chi connectivity index (χ0v) is 12.6. The van der Waals surface area contributed by atoms with Crippen molar-refractivity contribution < 1.29 is 4.39 Å². The van der Waals surface area contributed by atoms with Crippen molar-refractivity contribution in [2.24, 2.45) is 0 Å². The number of anilines is 1. The van der Waals surface area contributed by atoms with E-state index in [-0.39, 0.29) is 11.4 Å². The predicted octanol–water partition coefficient (Wildman–Crippen LogP) is 3.40. The van der Waals surface area contributed by atoms with E-state index in [1.807, 2.05) is 6.92 Å². The second-order valence-corrected chi connectivity index (χ2v) is 5.45. The summed E-state index contributed by atoms with van der Waals surface area (Å²) in [6, 6.07) is 9.90. The summed E-state index contributed by atoms with van der Waals surface area (Å²) in [7, 11) is 0. The third-order valence-corrected chi connectivity index (χ3v) is 3.73. The van der Waals surface area contributed by atoms with Gasteiger partial charge in [0.25, 0.3) is 5.56 Å². The summed E-state index contributed by atoms with van der Waals surface area (Å²) in [4.78, 5) is 17.0. The highest BCUT2D eigenvalue weighted by Crippen LogP contribution is 2.21. The van der Waals surface area contributed by atoms with Crippen molar-refractivity contribution in [3.8, 4) is 5.69 Å². The minimum absolute atomic E-state index is 0.0349. The lowest BCUT2D eigenvalue weighted by Crippen LogP contribution is -2.24. The van der Waals surface area contributed by atoms with Crippen molar-refractivity contribution in [1.82, 2.24) is 9.55 Å². The van der Waals surface area contributed by atoms with Crippen LogP contribution >= 0.6 is 11.6 Å². The van der Waals surface area contributed by atoms with Crippen LogP contribution in [0.3, 0.4) is 0 Å². The standard InChI is InChI=1S/C16H13ClFN3O/c1-9-2-3-10(17)6-14(9)21-15(8-18)20-13-5-4-11(19)7-12(13)16(21)22/h2-7H,8,19H2,1H3. The minimum Gasteiger partial charge on any atom is -0.399 e. The third-order valence-electron chi connectivity index (χ3n) is 3.49. The first-order valence-electron chi connectivity index (χ1n) is 6.65. The summed E-state index contributed by atoms with van der Waals surface area (Å²) in [5, 5.41) is 0.807. The highest BCUT2D eigenvalue weighted by Gasteiger charge is 2.14. The molecule has 3 aromatic rings. The SMILES string of the molecule is Cc1ccc(Cl)cc1-n1c(CF)nc2ccc(N)cc2c1=O. The first kappa shape index (κ1) is 14.5. The lowest BCUT2D eigenvalue weighted by molar-refractivity contribution is 0.457. The van der Waals surface area contributed by atoms with Gasteiger partial charge >= 0.3 is 0 Å². The van der Waals surface area contributed by atoms with Gasteiger partial charge in [-0.1, -0.05) is 17.7 Å². The van der Waals surface area contributed by atoms with E-state index < -0.39 is 6.67 Å². The molecule has 0 aliphatic carbocycles. The molecule has 2 aromatic carbocycles. The number of halogens is 2. The van der Waals surface area contributed by atoms with Crippen LogP contribution in [0.2, 0.25) is 5.02 Å². The highest BCUT2D eigenvalue weighted by atomic mass is 35.5. The van der Waals surface area contributed by atoms with E-state index in [0.29, 0.717) is 27.3 Å². The van der Waals surface area contributed by atoms with E-state index in [0.717, 1.165) is 5.56 Å². The van der Waals surface area contributed by atoms with E-state index in [4.69, 9.17) is 17.3 Å². The maximum atomic E-state index is 13.4. The molecule has 2 N–H and O–H groups in total. The van der Waals surface area contributed by atoms with Gasteiger partial charge < -0.3 is 5.73 Å². The number of aromatic nitrogens is 2. The molecule has 1 aromatic heterocycles. The Morgan fingerprint density at radius 2 is 2.05 bits per heavy atom. The van der Waals surface area contributed by atoms with Gasteiger partial charge in [-0.05, 0) is 42.8 Å². The fourth-order valence-corrected chi connectivity index (χ4v) is 2.58. The lowest BCUT2D eigenvalue weighted by Gasteiger charge is -2.14. The quantitative estimate of drug-likeness (QED) is 0.737. The largest absolute Gasteiger partial charge is 0.399 e. The monoisotopic (exact) mass is 317 g/mol. The van der Waals surface area contributed by atoms with Crippen LogP contribution < -0.4 is 11.3 Å². The van der Waals surface area contributed by atoms with Crippen molar-refractivity contribution in [3.05, 3.63) is 63.2 Å². The molecule has 22 heavy (non-hydrogen) atoms. The molecule has 0 spiro atoms. The fraction of sp³-hybridized carbons (Fsp3) is 0.125. The number of nitrogens with two attached hydrogens (primary N) is 1. The van der Waals surface area contributed by atoms with Gasteiger partial charge in [-0.15, -0.1) is 0 Å². The van der Waals surface area contributed by atoms with Crippen molar-refractivity contribution in [3.63, 3.8) is 0 Å². The van der Waals surface area contributed by atoms with Crippen LogP contribution in [-0.4, -0.2) is 9.55 Å². The normalized spacial score (nSPS) is 11.0. The van der Waals surface area contributed by atoms with Crippen LogP contribution in [0.25, 0.3) is 16.6 Å². The number of aryl methyl sites for hydroxylation is 1. The zero-order chi connectivity index (χ0) is 15.9. The van der Waals surface area contributed by atoms with Gasteiger partial charge in [0, 0.05) is 10.7 Å². The molecule has 112 valence electrons. The molecule has 0 aliphatic heterocycles. The Hall–Kier alpha value is -2.40. The van der Waals surface area contributed by atoms with Crippen molar-refractivity contribution in [2.75, 3.05) is 5.73 Å². The van der Waals surface area contributed by atoms with Crippen LogP contribution in [0.15, 0.2) is 41.2 Å². The second kappa shape index (κ2) is 5.42. The Labute approximate surface area is 131 Å². The third kappa shape index (κ3) is 2.33. The minimum atomic E-state index is -0.860. The molecule has 0 saturated heterocycles. The number of alkyl halides is 1. The summed E-state index contributed by atoms with van der Waals surface area (Å²) in [6.07, 6.45) is 0. The first-order chi connectivity index (χ1) is 10.5. The molecule has 0 bridgehead atoms. The van der Waals surface area contributed by atoms with Gasteiger partial charge in [0.1, 0.15) is 12.5 Å². The van der Waals surface area contributed by atoms with Gasteiger partial charge in [-0.3, -0.25) is 9.36 Å². The second-order valence-electron chi connectivity index (χ2n) is 5.01. The number of hydrogen-bond acceptors (Lipinski definition) is 3. The summed E-state index contributed by atoms with van der Waals surface area (Å²) >= 11 is 6.01. The van der Waals surface area contributed by atoms with Crippen molar-refractivity contribution in [2.45, 2.75) is 13.6 Å². The molecule has 1 heterocycles. The molecule has 0 radical (unpaired) electrons. The Balaban J connectivity index is 2.44. The molecular weight excluding hydrogens is 305 g/mol. The van der Waals surface area contributed by atoms with Gasteiger partial charge in [0.15, 0.2) is 0 Å². The van der Waals surface area contributed by atoms with Gasteiger partial charge in [0.2, 0.25) is 0 Å². The average molecular weight is 318 g/mol. The summed E-state index contributed by atoms with van der Waals surface area (Å²) in [5.74, 6) is 0.0349. The number of nitrogen functional groups attached to an aromatic ring is 1. The van der Waals surface area contributed by atoms with Crippen molar-refractivity contribution >= 4 is 28.2 Å². The fourth-order valence-electron chi connectivity index (χ4n) is 2.41. The number of rotatable bonds is 2. The number of hydrogen-bond donors (Lipinski definition) is 1. The van der Waals surface area contributed by atoms with Gasteiger partial charge in [-0.2, -0.15) is 0 Å². The van der Waals surface area contributed by atoms with Crippen LogP contribution in [-0.2, 0) is 6.67 Å². The lowest BCUT2D eigenvalue weighted by atomic mass is 10.1. The Bertz CT molecular complexity index is 937. The molecular formula is C16H13ClFN3O. The van der Waals surface area contributed by atoms with E-state index in [9.17, 15) is 9.18 Å². The predicted molar refractivity (Wildman–Crippen MR) is 86.3 cm³/mol. The molecule has 6 heteroatoms. The first-order valence-corrected chi connectivity index (χ1v) is 7.02. The van der Waals surface area contributed by atoms with Crippen molar-refractivity contribution in [1.29, 1.82) is 0 Å². The maximum Gasteiger partial charge on any atom is 0.266 e. The molecule has 0 amide bonds. The number of nitrogens with zero attached hydrogens (tertiary/aromatic N) is 2. The Morgan fingerprint density at radius 3 is 2.77 bits per heavy atom. The number of benzene rings is 2. The molecule has 4 nitrogen and oxygen atoms in total. The van der Waals surface area contributed by atoms with E-state index in [1.54, 1.807) is 36.4 Å². The summed E-state index contributed by atoms with van der Waals surface area (Å²) in [6.45, 7) is 0.963. The van der Waals surface area contributed by atoms with Crippen LogP contribution in [0, 0.1) is 6.92 Å². The molecule has 0 fully saturated rings. The van der Waals surface area contributed by atoms with Gasteiger partial charge in [0.05, 0.1) is 16.6 Å². The van der Waals surface area contributed by atoms with Crippen LogP contribution in [0.1, 0.15) is 11.4 Å². The maximum absolute atomic E-state index is 13.4. The van der Waals surface area contributed by atoms with E-state index >= 15 is 0 Å². The summed E-state index contributed by atoms with van der Waals surface area (Å²) in [5.41, 5.74) is 7.55. The molecule has 3 rings (SSSR count). The van der Waals surface area contributed by atoms with Crippen LogP contribution in [0.5, 0.6) is 0 Å². The molecule has 0 saturated carbocycles. The molecule has 0 atom stereocenters. The van der Waals surface area contributed by atoms with E-state index in [1.165, 1.54) is 4.57 Å². The van der Waals surface area contributed by atoms with E-state index in [2.05, 4.69) is 4.98 Å². The van der Waals surface area contributed by atoms with Gasteiger partial charge in [-0.25, -0.2) is 9.37 Å². The zero-order valence-electron chi connectivity index (χ0n) is 11.8. The smallest absolute Gasteiger partial charge is 0.266 e. The Kier molecular flexibility index (Phi) is 3.58. The highest BCUT2D eigenvalue weighted by molar-refractivity contribution is 6.30. The summed E-state index contributed by atoms with van der Waals surface area (Å²) < 4.78 is 14.7. The topological polar surface area (TPSA) is 60.9 Å². The Morgan fingerprint density at radius 1 is 1.27 bits per heavy atom. The van der Waals surface area contributed by atoms with Crippen LogP contribution in [0.4, 0.5) is 10.1 Å². The number of fused-ring (bicyclic) bond motifs is 1.